The number of hydrogen-bond donors (Lipinski definition) is 1. The molecule has 110 valence electrons. The molecule has 0 amide bonds. The fourth-order valence-electron chi connectivity index (χ4n) is 6.14. The van der Waals surface area contributed by atoms with Gasteiger partial charge in [0.2, 0.25) is 0 Å². The second kappa shape index (κ2) is 5.04. The minimum absolute atomic E-state index is 0.546. The van der Waals surface area contributed by atoms with Gasteiger partial charge in [-0.1, -0.05) is 13.8 Å². The van der Waals surface area contributed by atoms with Crippen LogP contribution in [-0.4, -0.2) is 26.3 Å². The molecule has 0 aromatic rings. The molecule has 0 aromatic heterocycles. The van der Waals surface area contributed by atoms with Gasteiger partial charge in [-0.3, -0.25) is 0 Å². The van der Waals surface area contributed by atoms with Gasteiger partial charge in [-0.25, -0.2) is 0 Å². The van der Waals surface area contributed by atoms with E-state index in [9.17, 15) is 0 Å². The van der Waals surface area contributed by atoms with Crippen molar-refractivity contribution >= 4 is 0 Å². The van der Waals surface area contributed by atoms with Gasteiger partial charge in [0.1, 0.15) is 0 Å². The molecule has 0 aromatic carbocycles. The Labute approximate surface area is 118 Å². The molecule has 0 aliphatic heterocycles. The van der Waals surface area contributed by atoms with Crippen molar-refractivity contribution in [2.45, 2.75) is 64.8 Å². The average molecular weight is 265 g/mol. The standard InChI is InChI=1S/C17H31NO/c1-4-5-18-15(11-19-3)17-9-13-6-14(10-17)8-16(2,7-13)12-17/h13-15,18H,4-12H2,1-3H3. The summed E-state index contributed by atoms with van der Waals surface area (Å²) in [5.74, 6) is 2.02. The van der Waals surface area contributed by atoms with Crippen LogP contribution in [0, 0.1) is 22.7 Å². The van der Waals surface area contributed by atoms with E-state index in [0.717, 1.165) is 25.0 Å². The molecule has 4 aliphatic rings. The maximum Gasteiger partial charge on any atom is 0.0621 e. The number of hydrogen-bond acceptors (Lipinski definition) is 2. The summed E-state index contributed by atoms with van der Waals surface area (Å²) in [5.41, 5.74) is 1.19. The maximum atomic E-state index is 5.56. The summed E-state index contributed by atoms with van der Waals surface area (Å²) >= 11 is 0. The van der Waals surface area contributed by atoms with E-state index in [1.807, 2.05) is 7.11 Å². The minimum Gasteiger partial charge on any atom is -0.383 e. The fraction of sp³-hybridized carbons (Fsp3) is 1.00. The molecule has 0 radical (unpaired) electrons. The number of ether oxygens (including phenoxy) is 1. The van der Waals surface area contributed by atoms with Gasteiger partial charge in [0.15, 0.2) is 0 Å². The van der Waals surface area contributed by atoms with Crippen LogP contribution in [0.25, 0.3) is 0 Å². The molecule has 4 bridgehead atoms. The summed E-state index contributed by atoms with van der Waals surface area (Å²) in [6.45, 7) is 6.86. The van der Waals surface area contributed by atoms with Crippen molar-refractivity contribution in [1.29, 1.82) is 0 Å². The Morgan fingerprint density at radius 1 is 1.21 bits per heavy atom. The van der Waals surface area contributed by atoms with E-state index >= 15 is 0 Å². The van der Waals surface area contributed by atoms with E-state index < -0.39 is 0 Å². The summed E-state index contributed by atoms with van der Waals surface area (Å²) in [6, 6.07) is 0.586. The van der Waals surface area contributed by atoms with Crippen LogP contribution in [0.5, 0.6) is 0 Å². The Balaban J connectivity index is 1.80. The van der Waals surface area contributed by atoms with Gasteiger partial charge in [-0.05, 0) is 74.2 Å². The van der Waals surface area contributed by atoms with Gasteiger partial charge in [0.05, 0.1) is 6.61 Å². The predicted octanol–water partition coefficient (Wildman–Crippen LogP) is 3.61. The van der Waals surface area contributed by atoms with Crippen molar-refractivity contribution < 1.29 is 4.74 Å². The topological polar surface area (TPSA) is 21.3 Å². The quantitative estimate of drug-likeness (QED) is 0.792. The third kappa shape index (κ3) is 2.47. The summed E-state index contributed by atoms with van der Waals surface area (Å²) in [6.07, 6.45) is 10.1. The van der Waals surface area contributed by atoms with Crippen LogP contribution in [0.15, 0.2) is 0 Å². The number of rotatable bonds is 6. The van der Waals surface area contributed by atoms with Crippen molar-refractivity contribution in [3.63, 3.8) is 0 Å². The molecule has 4 rings (SSSR count). The monoisotopic (exact) mass is 265 g/mol. The molecule has 2 nitrogen and oxygen atoms in total. The molecule has 4 fully saturated rings. The Hall–Kier alpha value is -0.0800. The Bertz CT molecular complexity index is 313. The first kappa shape index (κ1) is 13.9. The van der Waals surface area contributed by atoms with E-state index in [1.54, 1.807) is 0 Å². The van der Waals surface area contributed by atoms with Crippen LogP contribution >= 0.6 is 0 Å². The summed E-state index contributed by atoms with van der Waals surface area (Å²) < 4.78 is 5.56. The molecular weight excluding hydrogens is 234 g/mol. The fourth-order valence-corrected chi connectivity index (χ4v) is 6.14. The molecule has 4 saturated carbocycles. The van der Waals surface area contributed by atoms with Crippen molar-refractivity contribution in [1.82, 2.24) is 5.32 Å². The van der Waals surface area contributed by atoms with Crippen molar-refractivity contribution in [2.24, 2.45) is 22.7 Å². The van der Waals surface area contributed by atoms with Gasteiger partial charge in [-0.15, -0.1) is 0 Å². The summed E-state index contributed by atoms with van der Waals surface area (Å²) in [5, 5.41) is 3.82. The summed E-state index contributed by atoms with van der Waals surface area (Å²) in [4.78, 5) is 0. The highest BCUT2D eigenvalue weighted by atomic mass is 16.5. The van der Waals surface area contributed by atoms with Crippen LogP contribution in [-0.2, 0) is 4.74 Å². The molecule has 2 heteroatoms. The predicted molar refractivity (Wildman–Crippen MR) is 79.2 cm³/mol. The van der Waals surface area contributed by atoms with Gasteiger partial charge < -0.3 is 10.1 Å². The van der Waals surface area contributed by atoms with Crippen LogP contribution in [0.3, 0.4) is 0 Å². The molecule has 3 unspecified atom stereocenters. The van der Waals surface area contributed by atoms with Gasteiger partial charge in [0, 0.05) is 13.2 Å². The normalized spacial score (nSPS) is 45.6. The van der Waals surface area contributed by atoms with E-state index in [2.05, 4.69) is 19.2 Å². The van der Waals surface area contributed by atoms with E-state index in [-0.39, 0.29) is 0 Å². The zero-order valence-corrected chi connectivity index (χ0v) is 13.0. The molecular formula is C17H31NO. The first-order chi connectivity index (χ1) is 9.09. The van der Waals surface area contributed by atoms with Crippen LogP contribution in [0.2, 0.25) is 0 Å². The average Bonchev–Trinajstić information content (AvgIpc) is 2.31. The van der Waals surface area contributed by atoms with Crippen LogP contribution in [0.1, 0.15) is 58.8 Å². The van der Waals surface area contributed by atoms with Gasteiger partial charge in [0.25, 0.3) is 0 Å². The molecule has 3 atom stereocenters. The minimum atomic E-state index is 0.546. The van der Waals surface area contributed by atoms with Crippen molar-refractivity contribution in [3.8, 4) is 0 Å². The lowest BCUT2D eigenvalue weighted by molar-refractivity contribution is -0.125. The molecule has 0 heterocycles. The first-order valence-electron chi connectivity index (χ1n) is 8.31. The largest absolute Gasteiger partial charge is 0.383 e. The SMILES string of the molecule is CCCNC(COC)C12CC3CC(CC(C)(C3)C1)C2. The molecule has 19 heavy (non-hydrogen) atoms. The summed E-state index contributed by atoms with van der Waals surface area (Å²) in [7, 11) is 1.86. The third-order valence-corrected chi connectivity index (χ3v) is 6.11. The lowest BCUT2D eigenvalue weighted by Gasteiger charge is -2.63. The van der Waals surface area contributed by atoms with E-state index in [0.29, 0.717) is 16.9 Å². The first-order valence-corrected chi connectivity index (χ1v) is 8.31. The zero-order valence-electron chi connectivity index (χ0n) is 13.0. The molecule has 0 spiro atoms. The number of nitrogens with one attached hydrogen (secondary N) is 1. The Morgan fingerprint density at radius 2 is 1.89 bits per heavy atom. The van der Waals surface area contributed by atoms with Crippen molar-refractivity contribution in [3.05, 3.63) is 0 Å². The van der Waals surface area contributed by atoms with E-state index in [1.165, 1.54) is 44.9 Å². The molecule has 4 aliphatic carbocycles. The highest BCUT2D eigenvalue weighted by Gasteiger charge is 2.58. The smallest absolute Gasteiger partial charge is 0.0621 e. The van der Waals surface area contributed by atoms with Crippen LogP contribution in [0.4, 0.5) is 0 Å². The lowest BCUT2D eigenvalue weighted by atomic mass is 9.43. The maximum absolute atomic E-state index is 5.56. The highest BCUT2D eigenvalue weighted by Crippen LogP contribution is 2.66. The van der Waals surface area contributed by atoms with Crippen LogP contribution < -0.4 is 5.32 Å². The second-order valence-corrected chi connectivity index (χ2v) is 8.10. The molecule has 1 N–H and O–H groups in total. The van der Waals surface area contributed by atoms with Gasteiger partial charge >= 0.3 is 0 Å². The lowest BCUT2D eigenvalue weighted by Crippen LogP contribution is -2.60. The Morgan fingerprint density at radius 3 is 2.42 bits per heavy atom. The highest BCUT2D eigenvalue weighted by molar-refractivity contribution is 5.09. The zero-order chi connectivity index (χ0) is 13.5. The number of methoxy groups -OCH3 is 1. The van der Waals surface area contributed by atoms with E-state index in [4.69, 9.17) is 4.74 Å². The Kier molecular flexibility index (Phi) is 3.68. The second-order valence-electron chi connectivity index (χ2n) is 8.10. The molecule has 0 saturated heterocycles. The van der Waals surface area contributed by atoms with Crippen molar-refractivity contribution in [2.75, 3.05) is 20.3 Å². The third-order valence-electron chi connectivity index (χ3n) is 6.11. The van der Waals surface area contributed by atoms with Gasteiger partial charge in [-0.2, -0.15) is 0 Å².